The minimum absolute atomic E-state index is 0.0474. The van der Waals surface area contributed by atoms with Gasteiger partial charge in [-0.15, -0.1) is 0 Å². The van der Waals surface area contributed by atoms with E-state index in [1.54, 1.807) is 0 Å². The Kier molecular flexibility index (Phi) is 5.97. The molecule has 5 heteroatoms. The average Bonchev–Trinajstić information content (AvgIpc) is 2.30. The fourth-order valence-corrected chi connectivity index (χ4v) is 3.50. The van der Waals surface area contributed by atoms with Crippen molar-refractivity contribution in [2.75, 3.05) is 6.61 Å². The Bertz CT molecular complexity index is 497. The molecule has 0 aliphatic heterocycles. The molecular formula is C14H23NO3S. The van der Waals surface area contributed by atoms with Gasteiger partial charge in [0.2, 0.25) is 10.0 Å². The van der Waals surface area contributed by atoms with Crippen molar-refractivity contribution in [2.45, 2.75) is 39.0 Å². The van der Waals surface area contributed by atoms with Crippen LogP contribution in [0.25, 0.3) is 0 Å². The van der Waals surface area contributed by atoms with Gasteiger partial charge in [-0.2, -0.15) is 0 Å². The van der Waals surface area contributed by atoms with Gasteiger partial charge in [-0.05, 0) is 30.4 Å². The summed E-state index contributed by atoms with van der Waals surface area (Å²) in [6.45, 7) is 5.71. The second kappa shape index (κ2) is 7.03. The molecule has 0 spiro atoms. The summed E-state index contributed by atoms with van der Waals surface area (Å²) in [5, 5.41) is 9.23. The molecule has 1 unspecified atom stereocenters. The summed E-state index contributed by atoms with van der Waals surface area (Å²) in [7, 11) is -3.42. The lowest BCUT2D eigenvalue weighted by Gasteiger charge is -2.18. The lowest BCUT2D eigenvalue weighted by atomic mass is 10.1. The summed E-state index contributed by atoms with van der Waals surface area (Å²) in [4.78, 5) is 0. The molecule has 0 bridgehead atoms. The van der Waals surface area contributed by atoms with Crippen LogP contribution in [0.2, 0.25) is 0 Å². The monoisotopic (exact) mass is 285 g/mol. The van der Waals surface area contributed by atoms with Gasteiger partial charge in [0.25, 0.3) is 0 Å². The molecule has 0 aliphatic carbocycles. The van der Waals surface area contributed by atoms with Crippen molar-refractivity contribution in [1.29, 1.82) is 0 Å². The smallest absolute Gasteiger partial charge is 0.216 e. The normalized spacial score (nSPS) is 13.7. The molecule has 1 atom stereocenters. The van der Waals surface area contributed by atoms with Gasteiger partial charge in [-0.3, -0.25) is 0 Å². The number of rotatable bonds is 7. The van der Waals surface area contributed by atoms with Gasteiger partial charge in [0.1, 0.15) is 0 Å². The molecule has 1 aromatic rings. The summed E-state index contributed by atoms with van der Waals surface area (Å²) < 4.78 is 26.7. The van der Waals surface area contributed by atoms with E-state index in [1.165, 1.54) is 0 Å². The standard InChI is InChI=1S/C14H23NO3S/c1-11(2)8-14(9-16)15-19(17,18)10-13-7-5-4-6-12(13)3/h4-7,11,14-16H,8-10H2,1-3H3. The van der Waals surface area contributed by atoms with Crippen LogP contribution in [0.4, 0.5) is 0 Å². The highest BCUT2D eigenvalue weighted by Gasteiger charge is 2.19. The van der Waals surface area contributed by atoms with Crippen LogP contribution >= 0.6 is 0 Å². The second-order valence-electron chi connectivity index (χ2n) is 5.31. The third kappa shape index (κ3) is 5.72. The van der Waals surface area contributed by atoms with Gasteiger partial charge in [0, 0.05) is 6.04 Å². The Morgan fingerprint density at radius 3 is 2.42 bits per heavy atom. The second-order valence-corrected chi connectivity index (χ2v) is 7.07. The van der Waals surface area contributed by atoms with E-state index in [4.69, 9.17) is 0 Å². The summed E-state index contributed by atoms with van der Waals surface area (Å²) in [6, 6.07) is 7.01. The topological polar surface area (TPSA) is 66.4 Å². The maximum atomic E-state index is 12.1. The van der Waals surface area contributed by atoms with E-state index in [9.17, 15) is 13.5 Å². The zero-order chi connectivity index (χ0) is 14.5. The van der Waals surface area contributed by atoms with E-state index in [-0.39, 0.29) is 12.4 Å². The predicted octanol–water partition coefficient (Wildman–Crippen LogP) is 1.82. The van der Waals surface area contributed by atoms with Crippen LogP contribution in [-0.4, -0.2) is 26.2 Å². The Hall–Kier alpha value is -0.910. The molecule has 2 N–H and O–H groups in total. The maximum absolute atomic E-state index is 12.1. The third-order valence-electron chi connectivity index (χ3n) is 2.93. The third-order valence-corrected chi connectivity index (χ3v) is 4.31. The van der Waals surface area contributed by atoms with Crippen LogP contribution in [0.3, 0.4) is 0 Å². The largest absolute Gasteiger partial charge is 0.395 e. The molecule has 1 rings (SSSR count). The Labute approximate surface area is 115 Å². The molecule has 108 valence electrons. The van der Waals surface area contributed by atoms with Crippen LogP contribution in [0.5, 0.6) is 0 Å². The molecule has 0 saturated carbocycles. The fourth-order valence-electron chi connectivity index (χ4n) is 2.00. The number of aryl methyl sites for hydroxylation is 1. The first-order valence-electron chi connectivity index (χ1n) is 6.49. The average molecular weight is 285 g/mol. The predicted molar refractivity (Wildman–Crippen MR) is 77.3 cm³/mol. The fraction of sp³-hybridized carbons (Fsp3) is 0.571. The highest BCUT2D eigenvalue weighted by molar-refractivity contribution is 7.88. The lowest BCUT2D eigenvalue weighted by molar-refractivity contribution is 0.240. The molecule has 0 fully saturated rings. The first kappa shape index (κ1) is 16.1. The minimum Gasteiger partial charge on any atom is -0.395 e. The van der Waals surface area contributed by atoms with Crippen LogP contribution in [0.15, 0.2) is 24.3 Å². The van der Waals surface area contributed by atoms with Crippen LogP contribution in [0.1, 0.15) is 31.4 Å². The molecule has 0 aromatic heterocycles. The van der Waals surface area contributed by atoms with Gasteiger partial charge in [-0.25, -0.2) is 13.1 Å². The quantitative estimate of drug-likeness (QED) is 0.803. The van der Waals surface area contributed by atoms with Crippen molar-refractivity contribution in [3.05, 3.63) is 35.4 Å². The minimum atomic E-state index is -3.42. The van der Waals surface area contributed by atoms with Crippen molar-refractivity contribution in [2.24, 2.45) is 5.92 Å². The molecule has 0 heterocycles. The molecule has 0 radical (unpaired) electrons. The number of sulfonamides is 1. The maximum Gasteiger partial charge on any atom is 0.216 e. The number of benzene rings is 1. The van der Waals surface area contributed by atoms with Crippen molar-refractivity contribution < 1.29 is 13.5 Å². The van der Waals surface area contributed by atoms with Crippen molar-refractivity contribution in [3.8, 4) is 0 Å². The molecular weight excluding hydrogens is 262 g/mol. The van der Waals surface area contributed by atoms with Crippen LogP contribution in [0, 0.1) is 12.8 Å². The summed E-state index contributed by atoms with van der Waals surface area (Å²) in [5.41, 5.74) is 1.74. The SMILES string of the molecule is Cc1ccccc1CS(=O)(=O)NC(CO)CC(C)C. The highest BCUT2D eigenvalue weighted by atomic mass is 32.2. The van der Waals surface area contributed by atoms with Gasteiger partial charge in [0.05, 0.1) is 12.4 Å². The molecule has 0 saturated heterocycles. The summed E-state index contributed by atoms with van der Waals surface area (Å²) >= 11 is 0. The first-order valence-corrected chi connectivity index (χ1v) is 8.14. The van der Waals surface area contributed by atoms with Crippen molar-refractivity contribution in [1.82, 2.24) is 4.72 Å². The Morgan fingerprint density at radius 1 is 1.26 bits per heavy atom. The molecule has 1 aromatic carbocycles. The van der Waals surface area contributed by atoms with Crippen LogP contribution in [-0.2, 0) is 15.8 Å². The van der Waals surface area contributed by atoms with E-state index < -0.39 is 16.1 Å². The zero-order valence-electron chi connectivity index (χ0n) is 11.8. The Balaban J connectivity index is 2.73. The summed E-state index contributed by atoms with van der Waals surface area (Å²) in [6.07, 6.45) is 0.628. The van der Waals surface area contributed by atoms with Gasteiger partial charge in [0.15, 0.2) is 0 Å². The first-order chi connectivity index (χ1) is 8.84. The van der Waals surface area contributed by atoms with Gasteiger partial charge >= 0.3 is 0 Å². The summed E-state index contributed by atoms with van der Waals surface area (Å²) in [5.74, 6) is 0.284. The van der Waals surface area contributed by atoms with Gasteiger partial charge < -0.3 is 5.11 Å². The molecule has 19 heavy (non-hydrogen) atoms. The highest BCUT2D eigenvalue weighted by Crippen LogP contribution is 2.12. The Morgan fingerprint density at radius 2 is 1.89 bits per heavy atom. The van der Waals surface area contributed by atoms with E-state index in [2.05, 4.69) is 4.72 Å². The van der Waals surface area contributed by atoms with Crippen LogP contribution < -0.4 is 4.72 Å². The van der Waals surface area contributed by atoms with Gasteiger partial charge in [-0.1, -0.05) is 38.1 Å². The molecule has 0 aliphatic rings. The van der Waals surface area contributed by atoms with Crippen molar-refractivity contribution >= 4 is 10.0 Å². The number of aliphatic hydroxyl groups is 1. The number of hydrogen-bond donors (Lipinski definition) is 2. The number of nitrogens with one attached hydrogen (secondary N) is 1. The van der Waals surface area contributed by atoms with E-state index in [0.29, 0.717) is 12.3 Å². The zero-order valence-corrected chi connectivity index (χ0v) is 12.6. The molecule has 0 amide bonds. The molecule has 4 nitrogen and oxygen atoms in total. The number of hydrogen-bond acceptors (Lipinski definition) is 3. The van der Waals surface area contributed by atoms with E-state index >= 15 is 0 Å². The van der Waals surface area contributed by atoms with E-state index in [1.807, 2.05) is 45.0 Å². The van der Waals surface area contributed by atoms with E-state index in [0.717, 1.165) is 11.1 Å². The lowest BCUT2D eigenvalue weighted by Crippen LogP contribution is -2.39. The van der Waals surface area contributed by atoms with Crippen molar-refractivity contribution in [3.63, 3.8) is 0 Å². The number of aliphatic hydroxyl groups excluding tert-OH is 1.